The molecule has 17 rings (SSSR count). The van der Waals surface area contributed by atoms with Gasteiger partial charge in [-0.25, -0.2) is 20.0 Å². The minimum Gasteiger partial charge on any atom is -0.494 e. The average molecular weight is 1950 g/mol. The van der Waals surface area contributed by atoms with Crippen LogP contribution in [0.25, 0.3) is 32.3 Å². The molecule has 4 amide bonds. The number of guanidine groups is 4. The molecule has 4 atom stereocenters. The second-order valence-corrected chi connectivity index (χ2v) is 40.2. The number of carbonyl (C=O) groups excluding carboxylic acids is 4. The standard InChI is InChI=1S/C33H36N4O2.C32H37N5O2.C31H34N4O.C27H32N4O/c34-32(35)36-20-23-15-17-24(18-16-23)21-37(31(38)27-12-7-9-25-8-1-2-10-26(25)27)22-33-19-6-5-13-29(33)28-11-3-4-14-30(28)39-33;1-36(2)18-5-19-39-30-16-12-26(13-17-30)23-37(22-25-10-8-24(9-11-25)21-35-32(33)34)31(38)29-15-14-27-6-3-4-7-28(27)20-29;1-31(2,3)26-17-15-24(16-18-26)21-35(20-23-13-11-22(12-14-23)19-34-30(32)33)29(36)28-10-6-8-25-7-4-5-9-27(25)28;1-27(2,3)24-15-13-22(14-16-24)19-31(25(32)23-7-5-4-6-8-23)18-21-11-9-20(10-12-21)17-30-26(28)29/h1-10,12,15-18,28-30H,11,13-14,19-22H2,(H4,34,35,36);3-4,6-17,20H,5,18-19,21-23H2,1-2H3,(H4,33,34,35);4-18H,19-21H2,1-3H3,(H4,32,33,34);4-16H,17-19H2,1-3H3,(H4,28,29,30). The lowest BCUT2D eigenvalue weighted by Crippen LogP contribution is -2.50. The van der Waals surface area contributed by atoms with Crippen LogP contribution in [0.15, 0.2) is 372 Å². The van der Waals surface area contributed by atoms with Gasteiger partial charge in [-0.2, -0.15) is 0 Å². The summed E-state index contributed by atoms with van der Waals surface area (Å²) in [5, 5.41) is 6.22. The number of rotatable bonds is 33. The van der Waals surface area contributed by atoms with Crippen molar-refractivity contribution in [2.24, 2.45) is 77.7 Å². The molecule has 3 aliphatic rings. The smallest absolute Gasteiger partial charge is 0.255 e. The molecular formula is C123H139N17O6. The molecule has 752 valence electrons. The molecule has 23 nitrogen and oxygen atoms in total. The molecule has 16 N–H and O–H groups in total. The number of fused-ring (bicyclic) bond motifs is 6. The van der Waals surface area contributed by atoms with E-state index in [2.05, 4.69) is 184 Å². The highest BCUT2D eigenvalue weighted by molar-refractivity contribution is 6.08. The third kappa shape index (κ3) is 30.1. The van der Waals surface area contributed by atoms with E-state index in [9.17, 15) is 19.2 Å². The quantitative estimate of drug-likeness (QED) is 0.00820. The van der Waals surface area contributed by atoms with Crippen LogP contribution in [0, 0.1) is 11.8 Å². The van der Waals surface area contributed by atoms with E-state index in [1.807, 2.05) is 268 Å². The molecule has 0 spiro atoms. The number of benzene rings is 14. The second-order valence-electron chi connectivity index (χ2n) is 40.2. The Labute approximate surface area is 859 Å². The second kappa shape index (κ2) is 50.3. The number of nitrogens with zero attached hydrogens (tertiary/aromatic N) is 9. The predicted octanol–water partition coefficient (Wildman–Crippen LogP) is 20.5. The monoisotopic (exact) mass is 1950 g/mol. The summed E-state index contributed by atoms with van der Waals surface area (Å²) in [6, 6.07) is 109. The van der Waals surface area contributed by atoms with Crippen LogP contribution >= 0.6 is 0 Å². The molecule has 0 radical (unpaired) electrons. The van der Waals surface area contributed by atoms with Crippen molar-refractivity contribution in [2.75, 3.05) is 33.8 Å². The van der Waals surface area contributed by atoms with Crippen LogP contribution in [0.3, 0.4) is 0 Å². The van der Waals surface area contributed by atoms with Crippen molar-refractivity contribution < 1.29 is 28.7 Å². The van der Waals surface area contributed by atoms with Gasteiger partial charge in [-0.05, 0) is 222 Å². The Kier molecular flexibility index (Phi) is 36.5. The summed E-state index contributed by atoms with van der Waals surface area (Å²) in [6.45, 7) is 20.6. The van der Waals surface area contributed by atoms with Gasteiger partial charge >= 0.3 is 0 Å². The van der Waals surface area contributed by atoms with Gasteiger partial charge in [-0.15, -0.1) is 0 Å². The lowest BCUT2D eigenvalue weighted by molar-refractivity contribution is -0.0741. The summed E-state index contributed by atoms with van der Waals surface area (Å²) in [6.07, 6.45) is 14.2. The van der Waals surface area contributed by atoms with Crippen LogP contribution in [-0.4, -0.2) is 117 Å². The summed E-state index contributed by atoms with van der Waals surface area (Å²) in [4.78, 5) is 81.5. The van der Waals surface area contributed by atoms with Gasteiger partial charge in [0.2, 0.25) is 0 Å². The number of aliphatic imine (C=N–C) groups is 4. The third-order valence-corrected chi connectivity index (χ3v) is 26.7. The molecule has 1 aliphatic heterocycles. The molecule has 14 aromatic carbocycles. The third-order valence-electron chi connectivity index (χ3n) is 26.7. The maximum absolute atomic E-state index is 14.4. The van der Waals surface area contributed by atoms with E-state index >= 15 is 0 Å². The molecule has 1 heterocycles. The fourth-order valence-electron chi connectivity index (χ4n) is 18.8. The van der Waals surface area contributed by atoms with E-state index in [0.717, 1.165) is 143 Å². The van der Waals surface area contributed by atoms with Gasteiger partial charge in [-0.1, -0.05) is 345 Å². The number of hydrogen-bond acceptors (Lipinski definition) is 11. The Balaban J connectivity index is 0.000000154. The number of allylic oxidation sites excluding steroid dienone is 2. The van der Waals surface area contributed by atoms with E-state index in [1.54, 1.807) is 0 Å². The van der Waals surface area contributed by atoms with E-state index in [0.29, 0.717) is 114 Å². The first-order chi connectivity index (χ1) is 70.3. The van der Waals surface area contributed by atoms with Crippen LogP contribution < -0.4 is 50.6 Å². The first-order valence-electron chi connectivity index (χ1n) is 50.0. The zero-order chi connectivity index (χ0) is 103. The first-order valence-corrected chi connectivity index (χ1v) is 50.0. The summed E-state index contributed by atoms with van der Waals surface area (Å²) in [5.41, 5.74) is 60.3. The number of carbonyl (C=O) groups is 4. The van der Waals surface area contributed by atoms with Crippen molar-refractivity contribution in [3.05, 3.63) is 446 Å². The largest absolute Gasteiger partial charge is 0.494 e. The Morgan fingerprint density at radius 1 is 0.342 bits per heavy atom. The van der Waals surface area contributed by atoms with Crippen LogP contribution in [0.1, 0.15) is 187 Å². The molecule has 4 unspecified atom stereocenters. The maximum atomic E-state index is 14.4. The van der Waals surface area contributed by atoms with Crippen molar-refractivity contribution in [1.82, 2.24) is 24.5 Å². The van der Waals surface area contributed by atoms with Crippen molar-refractivity contribution in [3.8, 4) is 5.75 Å². The molecule has 146 heavy (non-hydrogen) atoms. The SMILES string of the molecule is CC(C)(C)c1ccc(CN(Cc2ccc(CN=C(N)N)cc2)C(=O)c2cccc3ccccc23)cc1.CC(C)(C)c1ccc(CN(Cc2ccc(CN=C(N)N)cc2)C(=O)c2ccccc2)cc1.CN(C)CCCOc1ccc(CN(Cc2ccc(CN=C(N)N)cc2)C(=O)c2ccc3ccccc3c2)cc1.NC(N)=NCc1ccc(CN(CC23CC=CCC2C2CC=CCC2O3)C(=O)c2cccc3ccccc23)cc1. The minimum absolute atomic E-state index is 0.00933. The molecular weight excluding hydrogens is 1810 g/mol. The molecule has 1 saturated heterocycles. The van der Waals surface area contributed by atoms with Gasteiger partial charge in [0.25, 0.3) is 23.6 Å². The molecule has 14 aromatic rings. The van der Waals surface area contributed by atoms with Gasteiger partial charge in [0.15, 0.2) is 23.8 Å². The summed E-state index contributed by atoms with van der Waals surface area (Å²) in [5.74, 6) is 2.07. The van der Waals surface area contributed by atoms with E-state index in [-0.39, 0.29) is 70.0 Å². The van der Waals surface area contributed by atoms with Gasteiger partial charge in [0.05, 0.1) is 51.0 Å². The highest BCUT2D eigenvalue weighted by Crippen LogP contribution is 2.52. The molecule has 0 saturated carbocycles. The topological polar surface area (TPSA) is 361 Å². The number of nitrogens with two attached hydrogens (primary N) is 8. The normalized spacial score (nSPS) is 14.9. The van der Waals surface area contributed by atoms with Gasteiger partial charge in [0, 0.05) is 74.6 Å². The average Bonchev–Trinajstić information content (AvgIpc) is 1.59. The van der Waals surface area contributed by atoms with Crippen LogP contribution in [-0.2, 0) is 87.6 Å². The summed E-state index contributed by atoms with van der Waals surface area (Å²) in [7, 11) is 4.11. The van der Waals surface area contributed by atoms with E-state index in [1.165, 1.54) is 11.1 Å². The zero-order valence-corrected chi connectivity index (χ0v) is 85.2. The number of amides is 4. The fraction of sp³-hybridized carbons (Fsp3) is 0.268. The Morgan fingerprint density at radius 2 is 0.685 bits per heavy atom. The molecule has 0 aromatic heterocycles. The van der Waals surface area contributed by atoms with Crippen molar-refractivity contribution in [2.45, 2.75) is 168 Å². The number of ether oxygens (including phenoxy) is 2. The Bertz CT molecular complexity index is 6890. The van der Waals surface area contributed by atoms with E-state index in [4.69, 9.17) is 55.3 Å². The Hall–Kier alpha value is -16.0. The lowest BCUT2D eigenvalue weighted by atomic mass is 9.70. The predicted molar refractivity (Wildman–Crippen MR) is 594 cm³/mol. The Morgan fingerprint density at radius 3 is 1.10 bits per heavy atom. The first kappa shape index (κ1) is 106. The molecule has 2 aliphatic carbocycles. The maximum Gasteiger partial charge on any atom is 0.255 e. The zero-order valence-electron chi connectivity index (χ0n) is 85.2. The van der Waals surface area contributed by atoms with Gasteiger partial charge in [0.1, 0.15) is 5.75 Å². The molecule has 1 fully saturated rings. The van der Waals surface area contributed by atoms with Crippen molar-refractivity contribution >= 4 is 79.8 Å². The van der Waals surface area contributed by atoms with Crippen molar-refractivity contribution in [3.63, 3.8) is 0 Å². The van der Waals surface area contributed by atoms with Crippen LogP contribution in [0.5, 0.6) is 5.75 Å². The molecule has 23 heteroatoms. The molecule has 0 bridgehead atoms. The number of hydrogen-bond donors (Lipinski definition) is 8. The highest BCUT2D eigenvalue weighted by Gasteiger charge is 2.55. The van der Waals surface area contributed by atoms with E-state index < -0.39 is 0 Å². The highest BCUT2D eigenvalue weighted by atomic mass is 16.5. The lowest BCUT2D eigenvalue weighted by Gasteiger charge is -2.41. The van der Waals surface area contributed by atoms with Crippen LogP contribution in [0.2, 0.25) is 0 Å². The van der Waals surface area contributed by atoms with Gasteiger partial charge < -0.3 is 79.8 Å². The van der Waals surface area contributed by atoms with Crippen molar-refractivity contribution in [1.29, 1.82) is 0 Å². The van der Waals surface area contributed by atoms with Crippen LogP contribution in [0.4, 0.5) is 0 Å². The van der Waals surface area contributed by atoms with Gasteiger partial charge in [-0.3, -0.25) is 19.2 Å². The summed E-state index contributed by atoms with van der Waals surface area (Å²) < 4.78 is 12.8. The summed E-state index contributed by atoms with van der Waals surface area (Å²) >= 11 is 0. The fourth-order valence-corrected chi connectivity index (χ4v) is 18.8. The minimum atomic E-state index is -0.371.